The van der Waals surface area contributed by atoms with Crippen LogP contribution in [0.15, 0.2) is 6.58 Å². The van der Waals surface area contributed by atoms with Gasteiger partial charge in [0.15, 0.2) is 0 Å². The van der Waals surface area contributed by atoms with Gasteiger partial charge in [0.2, 0.25) is 0 Å². The molecule has 2 heterocycles. The van der Waals surface area contributed by atoms with E-state index in [0.717, 1.165) is 23.4 Å². The van der Waals surface area contributed by atoms with Crippen molar-refractivity contribution in [1.82, 2.24) is 15.1 Å². The number of H-pyrrole nitrogens is 1. The zero-order valence-electron chi connectivity index (χ0n) is 12.0. The normalized spacial score (nSPS) is 15.1. The van der Waals surface area contributed by atoms with E-state index in [2.05, 4.69) is 16.8 Å². The Kier molecular flexibility index (Phi) is 3.39. The largest absolute Gasteiger partial charge is 0.444 e. The lowest BCUT2D eigenvalue weighted by Crippen LogP contribution is -2.39. The molecule has 1 aliphatic rings. The summed E-state index contributed by atoms with van der Waals surface area (Å²) in [6, 6.07) is 0. The minimum absolute atomic E-state index is 0.273. The Morgan fingerprint density at radius 3 is 2.74 bits per heavy atom. The zero-order valence-corrected chi connectivity index (χ0v) is 12.0. The quantitative estimate of drug-likeness (QED) is 0.847. The van der Waals surface area contributed by atoms with Crippen LogP contribution < -0.4 is 0 Å². The Balaban J connectivity index is 2.11. The second kappa shape index (κ2) is 4.72. The summed E-state index contributed by atoms with van der Waals surface area (Å²) in [6.07, 6.45) is 0.511. The Bertz CT molecular complexity index is 511. The van der Waals surface area contributed by atoms with Crippen LogP contribution in [0.25, 0.3) is 5.57 Å². The number of aromatic amines is 1. The third-order valence-electron chi connectivity index (χ3n) is 2.99. The number of fused-ring (bicyclic) bond motifs is 1. The first-order valence-electron chi connectivity index (χ1n) is 6.48. The fourth-order valence-corrected chi connectivity index (χ4v) is 2.15. The van der Waals surface area contributed by atoms with Crippen molar-refractivity contribution in [2.24, 2.45) is 0 Å². The number of hydrogen-bond acceptors (Lipinski definition) is 3. The van der Waals surface area contributed by atoms with E-state index in [1.54, 1.807) is 4.90 Å². The van der Waals surface area contributed by atoms with E-state index < -0.39 is 5.60 Å². The maximum absolute atomic E-state index is 12.0. The van der Waals surface area contributed by atoms with Gasteiger partial charge in [-0.05, 0) is 39.7 Å². The van der Waals surface area contributed by atoms with Gasteiger partial charge in [-0.15, -0.1) is 0 Å². The van der Waals surface area contributed by atoms with E-state index in [0.29, 0.717) is 13.1 Å². The van der Waals surface area contributed by atoms with Crippen LogP contribution in [0.2, 0.25) is 0 Å². The van der Waals surface area contributed by atoms with Gasteiger partial charge >= 0.3 is 6.09 Å². The molecule has 1 amide bonds. The maximum Gasteiger partial charge on any atom is 0.410 e. The number of hydrogen-bond donors (Lipinski definition) is 1. The third kappa shape index (κ3) is 2.97. The molecule has 0 radical (unpaired) electrons. The molecule has 0 unspecified atom stereocenters. The van der Waals surface area contributed by atoms with Gasteiger partial charge in [0.1, 0.15) is 5.60 Å². The van der Waals surface area contributed by atoms with Crippen molar-refractivity contribution in [3.05, 3.63) is 23.5 Å². The molecule has 19 heavy (non-hydrogen) atoms. The van der Waals surface area contributed by atoms with E-state index in [1.807, 2.05) is 27.7 Å². The fraction of sp³-hybridized carbons (Fsp3) is 0.571. The summed E-state index contributed by atoms with van der Waals surface area (Å²) in [5.74, 6) is 0. The van der Waals surface area contributed by atoms with Gasteiger partial charge in [-0.3, -0.25) is 5.10 Å². The zero-order chi connectivity index (χ0) is 14.2. The number of allylic oxidation sites excluding steroid dienone is 1. The summed E-state index contributed by atoms with van der Waals surface area (Å²) in [4.78, 5) is 13.7. The predicted octanol–water partition coefficient (Wildman–Crippen LogP) is 2.74. The first-order valence-corrected chi connectivity index (χ1v) is 6.48. The van der Waals surface area contributed by atoms with Crippen LogP contribution in [0.1, 0.15) is 44.6 Å². The van der Waals surface area contributed by atoms with Gasteiger partial charge in [0, 0.05) is 12.1 Å². The van der Waals surface area contributed by atoms with Crippen LogP contribution in [0.4, 0.5) is 4.79 Å². The number of ether oxygens (including phenoxy) is 1. The van der Waals surface area contributed by atoms with Crippen LogP contribution in [-0.2, 0) is 17.7 Å². The van der Waals surface area contributed by atoms with Crippen molar-refractivity contribution in [1.29, 1.82) is 0 Å². The number of nitrogens with one attached hydrogen (secondary N) is 1. The molecule has 0 saturated heterocycles. The second-order valence-electron chi connectivity index (χ2n) is 5.96. The van der Waals surface area contributed by atoms with Crippen molar-refractivity contribution < 1.29 is 9.53 Å². The monoisotopic (exact) mass is 263 g/mol. The molecule has 0 atom stereocenters. The Morgan fingerprint density at radius 1 is 1.47 bits per heavy atom. The van der Waals surface area contributed by atoms with E-state index in [-0.39, 0.29) is 6.09 Å². The Labute approximate surface area is 113 Å². The van der Waals surface area contributed by atoms with Crippen LogP contribution in [-0.4, -0.2) is 33.3 Å². The van der Waals surface area contributed by atoms with Gasteiger partial charge in [0.25, 0.3) is 0 Å². The second-order valence-corrected chi connectivity index (χ2v) is 5.96. The number of carbonyl (C=O) groups is 1. The van der Waals surface area contributed by atoms with Crippen molar-refractivity contribution in [2.75, 3.05) is 6.54 Å². The molecule has 0 bridgehead atoms. The molecule has 0 fully saturated rings. The van der Waals surface area contributed by atoms with Gasteiger partial charge in [0.05, 0.1) is 17.9 Å². The highest BCUT2D eigenvalue weighted by Gasteiger charge is 2.28. The molecule has 2 rings (SSSR count). The van der Waals surface area contributed by atoms with E-state index in [1.165, 1.54) is 5.56 Å². The van der Waals surface area contributed by atoms with Crippen LogP contribution in [0.5, 0.6) is 0 Å². The van der Waals surface area contributed by atoms with Crippen LogP contribution in [0, 0.1) is 0 Å². The molecule has 104 valence electrons. The maximum atomic E-state index is 12.0. The lowest BCUT2D eigenvalue weighted by atomic mass is 10.0. The highest BCUT2D eigenvalue weighted by Crippen LogP contribution is 2.25. The summed E-state index contributed by atoms with van der Waals surface area (Å²) < 4.78 is 5.38. The molecule has 1 N–H and O–H groups in total. The van der Waals surface area contributed by atoms with Crippen molar-refractivity contribution in [2.45, 2.75) is 46.3 Å². The molecule has 1 aliphatic heterocycles. The lowest BCUT2D eigenvalue weighted by Gasteiger charge is -2.29. The minimum Gasteiger partial charge on any atom is -0.444 e. The highest BCUT2D eigenvalue weighted by atomic mass is 16.6. The lowest BCUT2D eigenvalue weighted by molar-refractivity contribution is 0.0221. The van der Waals surface area contributed by atoms with Crippen molar-refractivity contribution in [3.63, 3.8) is 0 Å². The molecule has 5 heteroatoms. The minimum atomic E-state index is -0.464. The SMILES string of the molecule is C=C(C)c1n[nH]c2c1CCN(C(=O)OC(C)(C)C)C2. The van der Waals surface area contributed by atoms with Crippen LogP contribution in [0.3, 0.4) is 0 Å². The molecule has 0 aromatic carbocycles. The smallest absolute Gasteiger partial charge is 0.410 e. The molecule has 0 aliphatic carbocycles. The van der Waals surface area contributed by atoms with E-state index in [4.69, 9.17) is 4.74 Å². The first kappa shape index (κ1) is 13.6. The fourth-order valence-electron chi connectivity index (χ4n) is 2.15. The predicted molar refractivity (Wildman–Crippen MR) is 73.6 cm³/mol. The Hall–Kier alpha value is -1.78. The molecule has 0 saturated carbocycles. The molecular weight excluding hydrogens is 242 g/mol. The molecule has 5 nitrogen and oxygen atoms in total. The molecule has 0 spiro atoms. The van der Waals surface area contributed by atoms with Crippen molar-refractivity contribution in [3.8, 4) is 0 Å². The van der Waals surface area contributed by atoms with Gasteiger partial charge in [-0.2, -0.15) is 5.10 Å². The number of nitrogens with zero attached hydrogens (tertiary/aromatic N) is 2. The first-order chi connectivity index (χ1) is 8.78. The Morgan fingerprint density at radius 2 is 2.16 bits per heavy atom. The molecule has 1 aromatic heterocycles. The van der Waals surface area contributed by atoms with E-state index in [9.17, 15) is 4.79 Å². The summed E-state index contributed by atoms with van der Waals surface area (Å²) >= 11 is 0. The highest BCUT2D eigenvalue weighted by molar-refractivity contribution is 5.69. The third-order valence-corrected chi connectivity index (χ3v) is 2.99. The number of rotatable bonds is 1. The average molecular weight is 263 g/mol. The van der Waals surface area contributed by atoms with E-state index >= 15 is 0 Å². The van der Waals surface area contributed by atoms with Crippen LogP contribution >= 0.6 is 0 Å². The van der Waals surface area contributed by atoms with Gasteiger partial charge in [-0.25, -0.2) is 4.79 Å². The van der Waals surface area contributed by atoms with Gasteiger partial charge < -0.3 is 9.64 Å². The topological polar surface area (TPSA) is 58.2 Å². The number of carbonyl (C=O) groups excluding carboxylic acids is 1. The summed E-state index contributed by atoms with van der Waals surface area (Å²) in [5.41, 5.74) is 3.57. The number of aromatic nitrogens is 2. The summed E-state index contributed by atoms with van der Waals surface area (Å²) in [5, 5.41) is 7.26. The average Bonchev–Trinajstić information content (AvgIpc) is 2.68. The molecule has 1 aromatic rings. The number of amides is 1. The summed E-state index contributed by atoms with van der Waals surface area (Å²) in [6.45, 7) is 12.6. The van der Waals surface area contributed by atoms with Gasteiger partial charge in [-0.1, -0.05) is 6.58 Å². The van der Waals surface area contributed by atoms with Crippen molar-refractivity contribution >= 4 is 11.7 Å². The summed E-state index contributed by atoms with van der Waals surface area (Å²) in [7, 11) is 0. The standard InChI is InChI=1S/C14H21N3O2/c1-9(2)12-10-6-7-17(8-11(10)15-16-12)13(18)19-14(3,4)5/h1,6-8H2,2-5H3,(H,15,16). The molecular formula is C14H21N3O2.